The molecule has 0 heterocycles. The number of para-hydroxylation sites is 1. The first-order chi connectivity index (χ1) is 11.5. The van der Waals surface area contributed by atoms with Crippen molar-refractivity contribution in [3.05, 3.63) is 76.4 Å². The van der Waals surface area contributed by atoms with E-state index >= 15 is 0 Å². The Morgan fingerprint density at radius 2 is 2.08 bits per heavy atom. The SMILES string of the molecule is C=CCc1ccccc1OCC(=O)Nc1ccc(C)cc1[N+](=O)[O-]. The predicted octanol–water partition coefficient (Wildman–Crippen LogP) is 3.65. The number of nitrogens with zero attached hydrogens (tertiary/aromatic N) is 1. The number of benzene rings is 2. The van der Waals surface area contributed by atoms with Crippen molar-refractivity contribution in [2.45, 2.75) is 13.3 Å². The highest BCUT2D eigenvalue weighted by atomic mass is 16.6. The van der Waals surface area contributed by atoms with E-state index in [1.165, 1.54) is 12.1 Å². The Balaban J connectivity index is 2.05. The molecule has 24 heavy (non-hydrogen) atoms. The summed E-state index contributed by atoms with van der Waals surface area (Å²) in [7, 11) is 0. The number of amides is 1. The van der Waals surface area contributed by atoms with Gasteiger partial charge in [0.15, 0.2) is 6.61 Å². The molecule has 0 bridgehead atoms. The van der Waals surface area contributed by atoms with E-state index in [1.807, 2.05) is 18.2 Å². The third kappa shape index (κ3) is 4.42. The second kappa shape index (κ2) is 7.92. The maximum absolute atomic E-state index is 12.0. The molecule has 1 N–H and O–H groups in total. The zero-order valence-corrected chi connectivity index (χ0v) is 13.3. The molecule has 6 nitrogen and oxygen atoms in total. The number of nitrogens with one attached hydrogen (secondary N) is 1. The summed E-state index contributed by atoms with van der Waals surface area (Å²) in [6, 6.07) is 12.0. The van der Waals surface area contributed by atoms with E-state index in [4.69, 9.17) is 4.74 Å². The number of carbonyl (C=O) groups is 1. The normalized spacial score (nSPS) is 10.0. The molecule has 0 aliphatic carbocycles. The summed E-state index contributed by atoms with van der Waals surface area (Å²) in [5, 5.41) is 13.6. The number of hydrogen-bond donors (Lipinski definition) is 1. The quantitative estimate of drug-likeness (QED) is 0.478. The van der Waals surface area contributed by atoms with Crippen molar-refractivity contribution in [1.82, 2.24) is 0 Å². The first-order valence-electron chi connectivity index (χ1n) is 7.37. The van der Waals surface area contributed by atoms with Crippen LogP contribution in [0.25, 0.3) is 0 Å². The van der Waals surface area contributed by atoms with Gasteiger partial charge in [0.25, 0.3) is 11.6 Å². The lowest BCUT2D eigenvalue weighted by Crippen LogP contribution is -2.21. The summed E-state index contributed by atoms with van der Waals surface area (Å²) < 4.78 is 5.52. The molecule has 0 fully saturated rings. The Morgan fingerprint density at radius 3 is 2.79 bits per heavy atom. The summed E-state index contributed by atoms with van der Waals surface area (Å²) >= 11 is 0. The number of ether oxygens (including phenoxy) is 1. The maximum Gasteiger partial charge on any atom is 0.293 e. The standard InChI is InChI=1S/C18H18N2O4/c1-3-6-14-7-4-5-8-17(14)24-12-18(21)19-15-10-9-13(2)11-16(15)20(22)23/h3-5,7-11H,1,6,12H2,2H3,(H,19,21). The summed E-state index contributed by atoms with van der Waals surface area (Å²) in [5.74, 6) is 0.126. The van der Waals surface area contributed by atoms with E-state index in [-0.39, 0.29) is 18.0 Å². The van der Waals surface area contributed by atoms with Crippen molar-refractivity contribution in [2.75, 3.05) is 11.9 Å². The fraction of sp³-hybridized carbons (Fsp3) is 0.167. The summed E-state index contributed by atoms with van der Waals surface area (Å²) in [6.07, 6.45) is 2.37. The van der Waals surface area contributed by atoms with Crippen LogP contribution in [0.1, 0.15) is 11.1 Å². The van der Waals surface area contributed by atoms with E-state index in [0.717, 1.165) is 11.1 Å². The number of carbonyl (C=O) groups excluding carboxylic acids is 1. The largest absolute Gasteiger partial charge is 0.483 e. The number of rotatable bonds is 7. The van der Waals surface area contributed by atoms with Crippen LogP contribution in [0.2, 0.25) is 0 Å². The van der Waals surface area contributed by atoms with E-state index in [2.05, 4.69) is 11.9 Å². The van der Waals surface area contributed by atoms with Crippen LogP contribution in [-0.4, -0.2) is 17.4 Å². The molecular weight excluding hydrogens is 308 g/mol. The van der Waals surface area contributed by atoms with Gasteiger partial charge in [-0.3, -0.25) is 14.9 Å². The number of nitro groups is 1. The van der Waals surface area contributed by atoms with Gasteiger partial charge in [-0.25, -0.2) is 0 Å². The molecule has 6 heteroatoms. The Kier molecular flexibility index (Phi) is 5.68. The zero-order valence-electron chi connectivity index (χ0n) is 13.3. The van der Waals surface area contributed by atoms with Gasteiger partial charge in [0, 0.05) is 6.07 Å². The van der Waals surface area contributed by atoms with Crippen molar-refractivity contribution in [2.24, 2.45) is 0 Å². The molecule has 0 spiro atoms. The molecule has 2 aromatic carbocycles. The zero-order chi connectivity index (χ0) is 17.5. The minimum atomic E-state index is -0.525. The number of anilines is 1. The minimum absolute atomic E-state index is 0.143. The molecular formula is C18H18N2O4. The van der Waals surface area contributed by atoms with E-state index in [1.54, 1.807) is 25.1 Å². The van der Waals surface area contributed by atoms with Crippen LogP contribution >= 0.6 is 0 Å². The molecule has 2 aromatic rings. The number of hydrogen-bond acceptors (Lipinski definition) is 4. The molecule has 0 unspecified atom stereocenters. The van der Waals surface area contributed by atoms with Gasteiger partial charge in [0.05, 0.1) is 4.92 Å². The number of nitro benzene ring substituents is 1. The predicted molar refractivity (Wildman–Crippen MR) is 92.3 cm³/mol. The van der Waals surface area contributed by atoms with Gasteiger partial charge in [-0.2, -0.15) is 0 Å². The van der Waals surface area contributed by atoms with E-state index < -0.39 is 10.8 Å². The second-order valence-corrected chi connectivity index (χ2v) is 5.22. The van der Waals surface area contributed by atoms with Gasteiger partial charge in [-0.1, -0.05) is 30.3 Å². The molecule has 0 aliphatic rings. The smallest absolute Gasteiger partial charge is 0.293 e. The van der Waals surface area contributed by atoms with Gasteiger partial charge >= 0.3 is 0 Å². The molecule has 0 saturated heterocycles. The van der Waals surface area contributed by atoms with Gasteiger partial charge in [-0.15, -0.1) is 6.58 Å². The maximum atomic E-state index is 12.0. The molecule has 0 radical (unpaired) electrons. The van der Waals surface area contributed by atoms with Gasteiger partial charge in [0.1, 0.15) is 11.4 Å². The molecule has 0 atom stereocenters. The Hall–Kier alpha value is -3.15. The lowest BCUT2D eigenvalue weighted by Gasteiger charge is -2.11. The van der Waals surface area contributed by atoms with Crippen molar-refractivity contribution in [3.8, 4) is 5.75 Å². The van der Waals surface area contributed by atoms with Gasteiger partial charge < -0.3 is 10.1 Å². The first-order valence-corrected chi connectivity index (χ1v) is 7.37. The molecule has 124 valence electrons. The lowest BCUT2D eigenvalue weighted by atomic mass is 10.1. The van der Waals surface area contributed by atoms with Crippen molar-refractivity contribution in [3.63, 3.8) is 0 Å². The lowest BCUT2D eigenvalue weighted by molar-refractivity contribution is -0.384. The van der Waals surface area contributed by atoms with Crippen LogP contribution in [0.15, 0.2) is 55.1 Å². The topological polar surface area (TPSA) is 81.5 Å². The van der Waals surface area contributed by atoms with Crippen LogP contribution in [0, 0.1) is 17.0 Å². The van der Waals surface area contributed by atoms with Crippen LogP contribution < -0.4 is 10.1 Å². The Labute approximate surface area is 139 Å². The van der Waals surface area contributed by atoms with Crippen LogP contribution in [0.4, 0.5) is 11.4 Å². The van der Waals surface area contributed by atoms with Crippen LogP contribution in [0.3, 0.4) is 0 Å². The highest BCUT2D eigenvalue weighted by Crippen LogP contribution is 2.25. The number of aryl methyl sites for hydroxylation is 1. The van der Waals surface area contributed by atoms with Crippen molar-refractivity contribution in [1.29, 1.82) is 0 Å². The highest BCUT2D eigenvalue weighted by molar-refractivity contribution is 5.94. The van der Waals surface area contributed by atoms with Crippen LogP contribution in [-0.2, 0) is 11.2 Å². The van der Waals surface area contributed by atoms with Crippen LogP contribution in [0.5, 0.6) is 5.75 Å². The fourth-order valence-electron chi connectivity index (χ4n) is 2.20. The second-order valence-electron chi connectivity index (χ2n) is 5.22. The fourth-order valence-corrected chi connectivity index (χ4v) is 2.20. The first kappa shape index (κ1) is 17.2. The van der Waals surface area contributed by atoms with Crippen molar-refractivity contribution < 1.29 is 14.5 Å². The minimum Gasteiger partial charge on any atom is -0.483 e. The molecule has 1 amide bonds. The summed E-state index contributed by atoms with van der Waals surface area (Å²) in [4.78, 5) is 22.6. The average Bonchev–Trinajstić information content (AvgIpc) is 2.56. The van der Waals surface area contributed by atoms with Crippen molar-refractivity contribution >= 4 is 17.3 Å². The molecule has 2 rings (SSSR count). The Bertz CT molecular complexity index is 771. The molecule has 0 aliphatic heterocycles. The molecule has 0 saturated carbocycles. The molecule has 0 aromatic heterocycles. The highest BCUT2D eigenvalue weighted by Gasteiger charge is 2.16. The third-order valence-corrected chi connectivity index (χ3v) is 3.32. The summed E-state index contributed by atoms with van der Waals surface area (Å²) in [5.41, 5.74) is 1.67. The Morgan fingerprint density at radius 1 is 1.33 bits per heavy atom. The van der Waals surface area contributed by atoms with Gasteiger partial charge in [0.2, 0.25) is 0 Å². The van der Waals surface area contributed by atoms with E-state index in [0.29, 0.717) is 12.2 Å². The average molecular weight is 326 g/mol. The summed E-state index contributed by atoms with van der Waals surface area (Å²) in [6.45, 7) is 5.19. The monoisotopic (exact) mass is 326 g/mol. The van der Waals surface area contributed by atoms with Gasteiger partial charge in [-0.05, 0) is 36.6 Å². The number of allylic oxidation sites excluding steroid dienone is 1. The third-order valence-electron chi connectivity index (χ3n) is 3.32. The van der Waals surface area contributed by atoms with E-state index in [9.17, 15) is 14.9 Å².